The summed E-state index contributed by atoms with van der Waals surface area (Å²) in [5.41, 5.74) is 0.298. The topological polar surface area (TPSA) is 80.3 Å². The van der Waals surface area contributed by atoms with Crippen LogP contribution in [-0.4, -0.2) is 25.0 Å². The third-order valence-corrected chi connectivity index (χ3v) is 4.36. The molecule has 0 amide bonds. The van der Waals surface area contributed by atoms with E-state index in [1.54, 1.807) is 23.5 Å². The number of rotatable bonds is 3. The van der Waals surface area contributed by atoms with E-state index >= 15 is 0 Å². The van der Waals surface area contributed by atoms with Crippen LogP contribution in [0.3, 0.4) is 0 Å². The molecule has 3 aromatic rings. The van der Waals surface area contributed by atoms with Gasteiger partial charge < -0.3 is 4.57 Å². The normalized spacial score (nSPS) is 10.4. The van der Waals surface area contributed by atoms with Crippen LogP contribution in [0, 0.1) is 11.3 Å². The lowest BCUT2D eigenvalue weighted by molar-refractivity contribution is 0.790. The van der Waals surface area contributed by atoms with Crippen LogP contribution >= 0.6 is 23.1 Å². The lowest BCUT2D eigenvalue weighted by atomic mass is 10.4. The third-order valence-electron chi connectivity index (χ3n) is 2.53. The number of hydrogen-bond acceptors (Lipinski definition) is 7. The summed E-state index contributed by atoms with van der Waals surface area (Å²) in [6, 6.07) is 9.30. The van der Waals surface area contributed by atoms with Gasteiger partial charge in [0.25, 0.3) is 0 Å². The molecule has 98 valence electrons. The molecule has 0 atom stereocenters. The van der Waals surface area contributed by atoms with Gasteiger partial charge in [-0.25, -0.2) is 0 Å². The van der Waals surface area contributed by atoms with Crippen molar-refractivity contribution in [3.63, 3.8) is 0 Å². The fraction of sp³-hybridized carbons (Fsp3) is 0.0833. The minimum Gasteiger partial charge on any atom is -0.304 e. The second-order valence-corrected chi connectivity index (χ2v) is 5.75. The smallest absolute Gasteiger partial charge is 0.197 e. The van der Waals surface area contributed by atoms with E-state index in [0.29, 0.717) is 10.7 Å². The molecule has 0 N–H and O–H groups in total. The molecule has 0 bridgehead atoms. The summed E-state index contributed by atoms with van der Waals surface area (Å²) in [6.45, 7) is 0. The second-order valence-electron chi connectivity index (χ2n) is 3.81. The van der Waals surface area contributed by atoms with E-state index in [4.69, 9.17) is 5.26 Å². The summed E-state index contributed by atoms with van der Waals surface area (Å²) in [4.78, 5) is 1.07. The molecular weight excluding hydrogens is 292 g/mol. The maximum absolute atomic E-state index is 8.69. The zero-order valence-corrected chi connectivity index (χ0v) is 12.0. The Morgan fingerprint density at radius 3 is 2.75 bits per heavy atom. The summed E-state index contributed by atoms with van der Waals surface area (Å²) in [5, 5.41) is 28.2. The summed E-state index contributed by atoms with van der Waals surface area (Å²) in [5.74, 6) is 0.823. The van der Waals surface area contributed by atoms with Gasteiger partial charge in [0.1, 0.15) is 11.1 Å². The maximum atomic E-state index is 8.69. The second kappa shape index (κ2) is 5.40. The van der Waals surface area contributed by atoms with Crippen LogP contribution in [0.5, 0.6) is 0 Å². The summed E-state index contributed by atoms with van der Waals surface area (Å²) in [7, 11) is 1.91. The van der Waals surface area contributed by atoms with E-state index in [-0.39, 0.29) is 0 Å². The number of thiophene rings is 1. The average Bonchev–Trinajstić information content (AvgIpc) is 3.11. The molecule has 0 saturated carbocycles. The molecule has 0 unspecified atom stereocenters. The Bertz CT molecular complexity index is 754. The lowest BCUT2D eigenvalue weighted by Crippen LogP contribution is -1.95. The van der Waals surface area contributed by atoms with E-state index in [1.165, 1.54) is 11.8 Å². The van der Waals surface area contributed by atoms with Gasteiger partial charge in [0, 0.05) is 7.05 Å². The van der Waals surface area contributed by atoms with Gasteiger partial charge in [0.2, 0.25) is 0 Å². The Kier molecular flexibility index (Phi) is 3.45. The van der Waals surface area contributed by atoms with Gasteiger partial charge >= 0.3 is 0 Å². The monoisotopic (exact) mass is 300 g/mol. The molecule has 0 radical (unpaired) electrons. The van der Waals surface area contributed by atoms with Gasteiger partial charge in [-0.05, 0) is 35.3 Å². The van der Waals surface area contributed by atoms with Crippen molar-refractivity contribution in [1.29, 1.82) is 5.26 Å². The van der Waals surface area contributed by atoms with Crippen molar-refractivity contribution in [1.82, 2.24) is 25.0 Å². The van der Waals surface area contributed by atoms with Crippen molar-refractivity contribution in [2.45, 2.75) is 10.2 Å². The Labute approximate surface area is 123 Å². The molecule has 0 aliphatic heterocycles. The molecule has 3 heterocycles. The van der Waals surface area contributed by atoms with Gasteiger partial charge in [-0.15, -0.1) is 31.7 Å². The average molecular weight is 300 g/mol. The highest BCUT2D eigenvalue weighted by atomic mass is 32.2. The number of nitrogens with zero attached hydrogens (tertiary/aromatic N) is 6. The highest BCUT2D eigenvalue weighted by Gasteiger charge is 2.13. The Hall–Kier alpha value is -2.24. The first-order valence-electron chi connectivity index (χ1n) is 5.63. The van der Waals surface area contributed by atoms with Crippen LogP contribution in [0.25, 0.3) is 10.7 Å². The van der Waals surface area contributed by atoms with Crippen molar-refractivity contribution in [2.75, 3.05) is 0 Å². The largest absolute Gasteiger partial charge is 0.304 e. The van der Waals surface area contributed by atoms with Crippen LogP contribution in [0.15, 0.2) is 39.8 Å². The SMILES string of the molecule is Cn1c(Sc2ccc(C#N)nn2)nnc1-c1cccs1. The zero-order valence-electron chi connectivity index (χ0n) is 10.4. The van der Waals surface area contributed by atoms with E-state index in [1.807, 2.05) is 35.2 Å². The molecule has 0 aliphatic rings. The van der Waals surface area contributed by atoms with Gasteiger partial charge in [0.05, 0.1) is 4.88 Å². The Balaban J connectivity index is 1.86. The van der Waals surface area contributed by atoms with Crippen LogP contribution in [0.1, 0.15) is 5.69 Å². The molecule has 6 nitrogen and oxygen atoms in total. The summed E-state index contributed by atoms with van der Waals surface area (Å²) < 4.78 is 1.91. The van der Waals surface area contributed by atoms with Crippen molar-refractivity contribution in [3.05, 3.63) is 35.3 Å². The number of nitriles is 1. The molecular formula is C12H8N6S2. The third kappa shape index (κ3) is 2.41. The molecule has 8 heteroatoms. The van der Waals surface area contributed by atoms with Crippen LogP contribution in [0.2, 0.25) is 0 Å². The first-order chi connectivity index (χ1) is 9.78. The molecule has 20 heavy (non-hydrogen) atoms. The molecule has 0 saturated heterocycles. The molecule has 0 aromatic carbocycles. The molecule has 0 fully saturated rings. The van der Waals surface area contributed by atoms with Crippen LogP contribution < -0.4 is 0 Å². The zero-order chi connectivity index (χ0) is 13.9. The number of hydrogen-bond donors (Lipinski definition) is 0. The fourth-order valence-corrected chi connectivity index (χ4v) is 3.01. The number of aromatic nitrogens is 5. The van der Waals surface area contributed by atoms with Gasteiger partial charge in [-0.3, -0.25) is 0 Å². The van der Waals surface area contributed by atoms with Crippen LogP contribution in [0.4, 0.5) is 0 Å². The van der Waals surface area contributed by atoms with Crippen molar-refractivity contribution >= 4 is 23.1 Å². The first kappa shape index (κ1) is 12.8. The van der Waals surface area contributed by atoms with E-state index in [9.17, 15) is 0 Å². The fourth-order valence-electron chi connectivity index (χ4n) is 1.55. The predicted molar refractivity (Wildman–Crippen MR) is 75.2 cm³/mol. The lowest BCUT2D eigenvalue weighted by Gasteiger charge is -2.01. The molecule has 3 aromatic heterocycles. The minimum atomic E-state index is 0.298. The predicted octanol–water partition coefficient (Wildman–Crippen LogP) is 2.36. The first-order valence-corrected chi connectivity index (χ1v) is 7.32. The highest BCUT2D eigenvalue weighted by molar-refractivity contribution is 7.99. The van der Waals surface area contributed by atoms with Crippen molar-refractivity contribution < 1.29 is 0 Å². The van der Waals surface area contributed by atoms with E-state index < -0.39 is 0 Å². The summed E-state index contributed by atoms with van der Waals surface area (Å²) in [6.07, 6.45) is 0. The standard InChI is InChI=1S/C12H8N6S2/c1-18-11(9-3-2-6-19-9)16-17-12(18)20-10-5-4-8(7-13)14-15-10/h2-6H,1H3. The van der Waals surface area contributed by atoms with E-state index in [0.717, 1.165) is 15.9 Å². The van der Waals surface area contributed by atoms with Gasteiger partial charge in [-0.2, -0.15) is 5.26 Å². The van der Waals surface area contributed by atoms with Gasteiger partial charge in [0.15, 0.2) is 16.7 Å². The molecule has 0 spiro atoms. The van der Waals surface area contributed by atoms with Crippen molar-refractivity contribution in [3.8, 4) is 16.8 Å². The molecule has 3 rings (SSSR count). The summed E-state index contributed by atoms with van der Waals surface area (Å²) >= 11 is 2.98. The minimum absolute atomic E-state index is 0.298. The van der Waals surface area contributed by atoms with Crippen molar-refractivity contribution in [2.24, 2.45) is 7.05 Å². The highest BCUT2D eigenvalue weighted by Crippen LogP contribution is 2.28. The molecule has 0 aliphatic carbocycles. The Morgan fingerprint density at radius 1 is 1.20 bits per heavy atom. The van der Waals surface area contributed by atoms with Crippen LogP contribution in [-0.2, 0) is 7.05 Å². The quantitative estimate of drug-likeness (QED) is 0.738. The van der Waals surface area contributed by atoms with Gasteiger partial charge in [-0.1, -0.05) is 6.07 Å². The Morgan fingerprint density at radius 2 is 2.10 bits per heavy atom. The van der Waals surface area contributed by atoms with E-state index in [2.05, 4.69) is 20.4 Å². The maximum Gasteiger partial charge on any atom is 0.197 e.